The summed E-state index contributed by atoms with van der Waals surface area (Å²) >= 11 is 0. The molecule has 3 nitrogen and oxygen atoms in total. The number of hydrogen-bond acceptors (Lipinski definition) is 2. The molecule has 1 aromatic carbocycles. The van der Waals surface area contributed by atoms with Crippen molar-refractivity contribution in [3.8, 4) is 0 Å². The van der Waals surface area contributed by atoms with Gasteiger partial charge in [0.25, 0.3) is 5.91 Å². The lowest BCUT2D eigenvalue weighted by atomic mass is 10.1. The Balaban J connectivity index is 2.85. The van der Waals surface area contributed by atoms with Gasteiger partial charge in [0, 0.05) is 5.56 Å². The highest BCUT2D eigenvalue weighted by Crippen LogP contribution is 2.10. The molecule has 5 heteroatoms. The number of benzene rings is 1. The van der Waals surface area contributed by atoms with E-state index in [9.17, 15) is 13.6 Å². The summed E-state index contributed by atoms with van der Waals surface area (Å²) in [5, 5.41) is 11.4. The molecule has 88 valence electrons. The molecule has 0 fully saturated rings. The summed E-state index contributed by atoms with van der Waals surface area (Å²) in [7, 11) is 0. The van der Waals surface area contributed by atoms with Crippen LogP contribution in [0.5, 0.6) is 0 Å². The quantitative estimate of drug-likeness (QED) is 0.824. The summed E-state index contributed by atoms with van der Waals surface area (Å²) in [5.41, 5.74) is -0.789. The third-order valence-corrected chi connectivity index (χ3v) is 2.03. The molecule has 0 aliphatic rings. The maximum Gasteiger partial charge on any atom is 0.251 e. The summed E-state index contributed by atoms with van der Waals surface area (Å²) in [6, 6.07) is 2.88. The van der Waals surface area contributed by atoms with Crippen LogP contribution in [0.1, 0.15) is 24.2 Å². The summed E-state index contributed by atoms with van der Waals surface area (Å²) in [5.74, 6) is -2.63. The van der Waals surface area contributed by atoms with Crippen molar-refractivity contribution >= 4 is 5.91 Å². The van der Waals surface area contributed by atoms with Crippen molar-refractivity contribution in [1.29, 1.82) is 0 Å². The van der Waals surface area contributed by atoms with Gasteiger partial charge < -0.3 is 10.4 Å². The number of amides is 1. The van der Waals surface area contributed by atoms with Crippen molar-refractivity contribution in [2.24, 2.45) is 0 Å². The van der Waals surface area contributed by atoms with Crippen LogP contribution in [-0.4, -0.2) is 23.2 Å². The van der Waals surface area contributed by atoms with Crippen LogP contribution < -0.4 is 5.32 Å². The Bertz CT molecular complexity index is 405. The monoisotopic (exact) mass is 229 g/mol. The highest BCUT2D eigenvalue weighted by Gasteiger charge is 2.20. The summed E-state index contributed by atoms with van der Waals surface area (Å²) in [4.78, 5) is 11.6. The molecule has 1 rings (SSSR count). The highest BCUT2D eigenvalue weighted by atomic mass is 19.2. The number of nitrogens with one attached hydrogen (secondary N) is 1. The van der Waals surface area contributed by atoms with Gasteiger partial charge in [-0.25, -0.2) is 8.78 Å². The zero-order valence-electron chi connectivity index (χ0n) is 9.05. The normalized spacial score (nSPS) is 11.3. The van der Waals surface area contributed by atoms with Crippen molar-refractivity contribution in [1.82, 2.24) is 5.32 Å². The Morgan fingerprint density at radius 1 is 1.38 bits per heavy atom. The number of carbonyl (C=O) groups is 1. The van der Waals surface area contributed by atoms with Crippen LogP contribution in [0.4, 0.5) is 8.78 Å². The van der Waals surface area contributed by atoms with Gasteiger partial charge in [0.2, 0.25) is 0 Å². The first-order valence-corrected chi connectivity index (χ1v) is 4.74. The molecule has 2 N–H and O–H groups in total. The van der Waals surface area contributed by atoms with E-state index in [2.05, 4.69) is 5.32 Å². The number of aliphatic hydroxyl groups excluding tert-OH is 1. The Labute approximate surface area is 92.1 Å². The van der Waals surface area contributed by atoms with Crippen molar-refractivity contribution in [2.75, 3.05) is 6.61 Å². The highest BCUT2D eigenvalue weighted by molar-refractivity contribution is 5.94. The Morgan fingerprint density at radius 2 is 2.00 bits per heavy atom. The third kappa shape index (κ3) is 3.00. The van der Waals surface area contributed by atoms with Crippen LogP contribution in [0, 0.1) is 11.6 Å². The van der Waals surface area contributed by atoms with Crippen molar-refractivity contribution in [3.05, 3.63) is 35.4 Å². The minimum Gasteiger partial charge on any atom is -0.394 e. The van der Waals surface area contributed by atoms with Gasteiger partial charge in [-0.1, -0.05) is 0 Å². The molecule has 16 heavy (non-hydrogen) atoms. The number of halogens is 2. The fourth-order valence-electron chi connectivity index (χ4n) is 1.06. The Morgan fingerprint density at radius 3 is 2.50 bits per heavy atom. The van der Waals surface area contributed by atoms with E-state index < -0.39 is 23.1 Å². The van der Waals surface area contributed by atoms with E-state index in [1.54, 1.807) is 13.8 Å². The molecule has 1 amide bonds. The molecular formula is C11H13F2NO2. The van der Waals surface area contributed by atoms with Crippen LogP contribution in [0.25, 0.3) is 0 Å². The van der Waals surface area contributed by atoms with Crippen LogP contribution in [0.2, 0.25) is 0 Å². The lowest BCUT2D eigenvalue weighted by Crippen LogP contribution is -2.46. The SMILES string of the molecule is CC(C)(CO)NC(=O)c1ccc(F)c(F)c1. The van der Waals surface area contributed by atoms with Crippen LogP contribution in [0.3, 0.4) is 0 Å². The molecule has 0 aliphatic heterocycles. The van der Waals surface area contributed by atoms with Gasteiger partial charge in [-0.15, -0.1) is 0 Å². The fourth-order valence-corrected chi connectivity index (χ4v) is 1.06. The summed E-state index contributed by atoms with van der Waals surface area (Å²) < 4.78 is 25.5. The van der Waals surface area contributed by atoms with E-state index in [-0.39, 0.29) is 12.2 Å². The van der Waals surface area contributed by atoms with Crippen LogP contribution >= 0.6 is 0 Å². The standard InChI is InChI=1S/C11H13F2NO2/c1-11(2,6-15)14-10(16)7-3-4-8(12)9(13)5-7/h3-5,15H,6H2,1-2H3,(H,14,16). The first-order valence-electron chi connectivity index (χ1n) is 4.74. The average Bonchev–Trinajstić information content (AvgIpc) is 2.21. The maximum atomic E-state index is 12.8. The van der Waals surface area contributed by atoms with Gasteiger partial charge in [-0.3, -0.25) is 4.79 Å². The average molecular weight is 229 g/mol. The second kappa shape index (κ2) is 4.57. The Hall–Kier alpha value is -1.49. The molecule has 1 aromatic rings. The second-order valence-electron chi connectivity index (χ2n) is 4.13. The zero-order chi connectivity index (χ0) is 12.3. The van der Waals surface area contributed by atoms with Gasteiger partial charge in [0.15, 0.2) is 11.6 Å². The smallest absolute Gasteiger partial charge is 0.251 e. The molecular weight excluding hydrogens is 216 g/mol. The van der Waals surface area contributed by atoms with Gasteiger partial charge in [0.1, 0.15) is 0 Å². The van der Waals surface area contributed by atoms with Gasteiger partial charge >= 0.3 is 0 Å². The molecule has 0 spiro atoms. The van der Waals surface area contributed by atoms with Gasteiger partial charge in [-0.2, -0.15) is 0 Å². The number of aliphatic hydroxyl groups is 1. The molecule has 0 aliphatic carbocycles. The van der Waals surface area contributed by atoms with E-state index in [4.69, 9.17) is 5.11 Å². The summed E-state index contributed by atoms with van der Waals surface area (Å²) in [6.07, 6.45) is 0. The number of hydrogen-bond donors (Lipinski definition) is 2. The predicted molar refractivity (Wildman–Crippen MR) is 55.0 cm³/mol. The van der Waals surface area contributed by atoms with Crippen molar-refractivity contribution < 1.29 is 18.7 Å². The van der Waals surface area contributed by atoms with E-state index in [1.165, 1.54) is 6.07 Å². The molecule has 0 aromatic heterocycles. The number of rotatable bonds is 3. The Kier molecular flexibility index (Phi) is 3.59. The minimum absolute atomic E-state index is 0.0143. The summed E-state index contributed by atoms with van der Waals surface area (Å²) in [6.45, 7) is 2.98. The lowest BCUT2D eigenvalue weighted by molar-refractivity contribution is 0.0869. The van der Waals surface area contributed by atoms with E-state index in [0.29, 0.717) is 0 Å². The second-order valence-corrected chi connectivity index (χ2v) is 4.13. The lowest BCUT2D eigenvalue weighted by Gasteiger charge is -2.23. The van der Waals surface area contributed by atoms with Crippen molar-refractivity contribution in [3.63, 3.8) is 0 Å². The van der Waals surface area contributed by atoms with Crippen LogP contribution in [-0.2, 0) is 0 Å². The molecule has 0 radical (unpaired) electrons. The zero-order valence-corrected chi connectivity index (χ0v) is 9.05. The minimum atomic E-state index is -1.07. The van der Waals surface area contributed by atoms with Crippen molar-refractivity contribution in [2.45, 2.75) is 19.4 Å². The topological polar surface area (TPSA) is 49.3 Å². The fraction of sp³-hybridized carbons (Fsp3) is 0.364. The third-order valence-electron chi connectivity index (χ3n) is 2.03. The first-order chi connectivity index (χ1) is 7.35. The van der Waals surface area contributed by atoms with Gasteiger partial charge in [0.05, 0.1) is 12.1 Å². The van der Waals surface area contributed by atoms with E-state index in [1.807, 2.05) is 0 Å². The molecule has 0 atom stereocenters. The molecule has 0 unspecified atom stereocenters. The number of carbonyl (C=O) groups excluding carboxylic acids is 1. The maximum absolute atomic E-state index is 12.8. The first kappa shape index (κ1) is 12.6. The largest absolute Gasteiger partial charge is 0.394 e. The predicted octanol–water partition coefficient (Wildman–Crippen LogP) is 1.47. The molecule has 0 heterocycles. The molecule has 0 bridgehead atoms. The van der Waals surface area contributed by atoms with Crippen LogP contribution in [0.15, 0.2) is 18.2 Å². The molecule has 0 saturated carbocycles. The van der Waals surface area contributed by atoms with E-state index >= 15 is 0 Å². The van der Waals surface area contributed by atoms with E-state index in [0.717, 1.165) is 12.1 Å². The molecule has 0 saturated heterocycles. The van der Waals surface area contributed by atoms with Gasteiger partial charge in [-0.05, 0) is 32.0 Å².